The van der Waals surface area contributed by atoms with Gasteiger partial charge in [0.05, 0.1) is 5.52 Å². The molecular formula is C14H17N3O3. The normalized spacial score (nSPS) is 12.2. The Morgan fingerprint density at radius 1 is 1.40 bits per heavy atom. The van der Waals surface area contributed by atoms with Gasteiger partial charge in [-0.1, -0.05) is 31.5 Å². The van der Waals surface area contributed by atoms with Gasteiger partial charge in [-0.15, -0.1) is 0 Å². The molecule has 0 aliphatic carbocycles. The zero-order valence-corrected chi connectivity index (χ0v) is 11.2. The molecule has 2 aromatic rings. The van der Waals surface area contributed by atoms with Crippen molar-refractivity contribution in [3.8, 4) is 0 Å². The minimum atomic E-state index is -0.851. The lowest BCUT2D eigenvalue weighted by molar-refractivity contribution is -0.138. The van der Waals surface area contributed by atoms with Crippen molar-refractivity contribution in [2.45, 2.75) is 19.8 Å². The smallest absolute Gasteiger partial charge is 0.303 e. The molecule has 2 rings (SSSR count). The summed E-state index contributed by atoms with van der Waals surface area (Å²) >= 11 is 0. The zero-order valence-electron chi connectivity index (χ0n) is 11.2. The van der Waals surface area contributed by atoms with Gasteiger partial charge in [0.25, 0.3) is 5.91 Å². The van der Waals surface area contributed by atoms with Crippen LogP contribution in [-0.2, 0) is 4.79 Å². The SMILES string of the molecule is CCC(CNC(=O)c1n[nH]c2ccccc12)CC(=O)O. The highest BCUT2D eigenvalue weighted by Crippen LogP contribution is 2.15. The fraction of sp³-hybridized carbons (Fsp3) is 0.357. The summed E-state index contributed by atoms with van der Waals surface area (Å²) < 4.78 is 0. The van der Waals surface area contributed by atoms with Gasteiger partial charge in [-0.05, 0) is 12.0 Å². The lowest BCUT2D eigenvalue weighted by atomic mass is 10.0. The molecular weight excluding hydrogens is 258 g/mol. The second-order valence-corrected chi connectivity index (χ2v) is 4.70. The summed E-state index contributed by atoms with van der Waals surface area (Å²) in [7, 11) is 0. The largest absolute Gasteiger partial charge is 0.481 e. The van der Waals surface area contributed by atoms with Gasteiger partial charge in [0.15, 0.2) is 5.69 Å². The third-order valence-corrected chi connectivity index (χ3v) is 3.28. The Labute approximate surface area is 116 Å². The van der Waals surface area contributed by atoms with E-state index in [0.717, 1.165) is 10.9 Å². The lowest BCUT2D eigenvalue weighted by Gasteiger charge is -2.12. The maximum atomic E-state index is 12.1. The number of carboxylic acid groups (broad SMARTS) is 1. The van der Waals surface area contributed by atoms with Gasteiger partial charge in [-0.3, -0.25) is 14.7 Å². The highest BCUT2D eigenvalue weighted by Gasteiger charge is 2.16. The molecule has 0 saturated carbocycles. The second-order valence-electron chi connectivity index (χ2n) is 4.70. The quantitative estimate of drug-likeness (QED) is 0.749. The number of aromatic nitrogens is 2. The molecule has 0 aliphatic rings. The number of benzene rings is 1. The summed E-state index contributed by atoms with van der Waals surface area (Å²) in [6.07, 6.45) is 0.756. The number of aromatic amines is 1. The van der Waals surface area contributed by atoms with Gasteiger partial charge in [0, 0.05) is 18.4 Å². The van der Waals surface area contributed by atoms with E-state index in [-0.39, 0.29) is 18.2 Å². The van der Waals surface area contributed by atoms with Crippen LogP contribution in [0.15, 0.2) is 24.3 Å². The monoisotopic (exact) mass is 275 g/mol. The average molecular weight is 275 g/mol. The molecule has 0 spiro atoms. The Kier molecular flexibility index (Phi) is 4.34. The van der Waals surface area contributed by atoms with Crippen molar-refractivity contribution >= 4 is 22.8 Å². The van der Waals surface area contributed by atoms with Crippen molar-refractivity contribution in [1.29, 1.82) is 0 Å². The van der Waals surface area contributed by atoms with E-state index in [2.05, 4.69) is 15.5 Å². The number of hydrogen-bond acceptors (Lipinski definition) is 3. The number of carbonyl (C=O) groups excluding carboxylic acids is 1. The standard InChI is InChI=1S/C14H17N3O3/c1-2-9(7-12(18)19)8-15-14(20)13-10-5-3-4-6-11(10)16-17-13/h3-6,9H,2,7-8H2,1H3,(H,15,20)(H,16,17)(H,18,19). The summed E-state index contributed by atoms with van der Waals surface area (Å²) in [5, 5.41) is 19.1. The third-order valence-electron chi connectivity index (χ3n) is 3.28. The molecule has 6 nitrogen and oxygen atoms in total. The number of carboxylic acids is 1. The maximum Gasteiger partial charge on any atom is 0.303 e. The van der Waals surface area contributed by atoms with Crippen molar-refractivity contribution in [3.05, 3.63) is 30.0 Å². The number of hydrogen-bond donors (Lipinski definition) is 3. The van der Waals surface area contributed by atoms with Crippen LogP contribution in [0, 0.1) is 5.92 Å². The topological polar surface area (TPSA) is 95.1 Å². The molecule has 1 amide bonds. The van der Waals surface area contributed by atoms with Crippen molar-refractivity contribution in [1.82, 2.24) is 15.5 Å². The zero-order chi connectivity index (χ0) is 14.5. The summed E-state index contributed by atoms with van der Waals surface area (Å²) in [4.78, 5) is 22.8. The van der Waals surface area contributed by atoms with Gasteiger partial charge in [0.2, 0.25) is 0 Å². The van der Waals surface area contributed by atoms with Crippen LogP contribution >= 0.6 is 0 Å². The number of nitrogens with zero attached hydrogens (tertiary/aromatic N) is 1. The van der Waals surface area contributed by atoms with Crippen LogP contribution < -0.4 is 5.32 Å². The fourth-order valence-corrected chi connectivity index (χ4v) is 2.07. The first kappa shape index (κ1) is 14.0. The van der Waals surface area contributed by atoms with Gasteiger partial charge >= 0.3 is 5.97 Å². The van der Waals surface area contributed by atoms with E-state index >= 15 is 0 Å². The number of H-pyrrole nitrogens is 1. The number of fused-ring (bicyclic) bond motifs is 1. The van der Waals surface area contributed by atoms with Crippen molar-refractivity contribution in [2.24, 2.45) is 5.92 Å². The summed E-state index contributed by atoms with van der Waals surface area (Å²) in [6, 6.07) is 7.37. The van der Waals surface area contributed by atoms with Crippen LogP contribution in [0.2, 0.25) is 0 Å². The summed E-state index contributed by atoms with van der Waals surface area (Å²) in [5.74, 6) is -1.20. The van der Waals surface area contributed by atoms with E-state index in [1.807, 2.05) is 31.2 Å². The van der Waals surface area contributed by atoms with Crippen molar-refractivity contribution < 1.29 is 14.7 Å². The third kappa shape index (κ3) is 3.14. The fourth-order valence-electron chi connectivity index (χ4n) is 2.07. The van der Waals surface area contributed by atoms with Gasteiger partial charge in [0.1, 0.15) is 0 Å². The minimum absolute atomic E-state index is 0.0537. The Bertz CT molecular complexity index is 621. The number of nitrogens with one attached hydrogen (secondary N) is 2. The molecule has 1 aromatic carbocycles. The maximum absolute atomic E-state index is 12.1. The predicted octanol–water partition coefficient (Wildman–Crippen LogP) is 1.79. The second kappa shape index (κ2) is 6.18. The first-order chi connectivity index (χ1) is 9.61. The minimum Gasteiger partial charge on any atom is -0.481 e. The first-order valence-electron chi connectivity index (χ1n) is 6.55. The van der Waals surface area contributed by atoms with Gasteiger partial charge < -0.3 is 10.4 Å². The lowest BCUT2D eigenvalue weighted by Crippen LogP contribution is -2.30. The molecule has 1 unspecified atom stereocenters. The van der Waals surface area contributed by atoms with Crippen LogP contribution in [-0.4, -0.2) is 33.7 Å². The highest BCUT2D eigenvalue weighted by atomic mass is 16.4. The molecule has 0 aliphatic heterocycles. The van der Waals surface area contributed by atoms with Crippen LogP contribution in [0.4, 0.5) is 0 Å². The van der Waals surface area contributed by atoms with Gasteiger partial charge in [-0.2, -0.15) is 5.10 Å². The number of aliphatic carboxylic acids is 1. The Balaban J connectivity index is 2.03. The summed E-state index contributed by atoms with van der Waals surface area (Å²) in [6.45, 7) is 2.24. The van der Waals surface area contributed by atoms with Crippen LogP contribution in [0.3, 0.4) is 0 Å². The van der Waals surface area contributed by atoms with E-state index in [1.54, 1.807) is 0 Å². The Morgan fingerprint density at radius 2 is 2.15 bits per heavy atom. The summed E-state index contributed by atoms with van der Waals surface area (Å²) in [5.41, 5.74) is 1.14. The van der Waals surface area contributed by atoms with Crippen LogP contribution in [0.25, 0.3) is 10.9 Å². The first-order valence-corrected chi connectivity index (χ1v) is 6.55. The molecule has 0 radical (unpaired) electrons. The van der Waals surface area contributed by atoms with E-state index in [0.29, 0.717) is 18.7 Å². The number of amides is 1. The molecule has 20 heavy (non-hydrogen) atoms. The number of para-hydroxylation sites is 1. The molecule has 0 bridgehead atoms. The predicted molar refractivity (Wildman–Crippen MR) is 74.5 cm³/mol. The molecule has 1 heterocycles. The van der Waals surface area contributed by atoms with Crippen molar-refractivity contribution in [3.63, 3.8) is 0 Å². The Hall–Kier alpha value is -2.37. The Morgan fingerprint density at radius 3 is 2.85 bits per heavy atom. The van der Waals surface area contributed by atoms with E-state index in [4.69, 9.17) is 5.11 Å². The molecule has 0 saturated heterocycles. The molecule has 0 fully saturated rings. The van der Waals surface area contributed by atoms with E-state index in [9.17, 15) is 9.59 Å². The van der Waals surface area contributed by atoms with Gasteiger partial charge in [-0.25, -0.2) is 0 Å². The molecule has 106 valence electrons. The highest BCUT2D eigenvalue weighted by molar-refractivity contribution is 6.04. The number of rotatable bonds is 6. The number of carbonyl (C=O) groups is 2. The molecule has 3 N–H and O–H groups in total. The van der Waals surface area contributed by atoms with Crippen molar-refractivity contribution in [2.75, 3.05) is 6.54 Å². The van der Waals surface area contributed by atoms with E-state index in [1.165, 1.54) is 0 Å². The molecule has 1 atom stereocenters. The van der Waals surface area contributed by atoms with Crippen LogP contribution in [0.1, 0.15) is 30.3 Å². The van der Waals surface area contributed by atoms with Crippen LogP contribution in [0.5, 0.6) is 0 Å². The van der Waals surface area contributed by atoms with E-state index < -0.39 is 5.97 Å². The average Bonchev–Trinajstić information content (AvgIpc) is 2.86. The molecule has 1 aromatic heterocycles. The molecule has 6 heteroatoms.